The lowest BCUT2D eigenvalue weighted by Gasteiger charge is -1.99. The van der Waals surface area contributed by atoms with E-state index in [1.807, 2.05) is 0 Å². The average molecular weight is 359 g/mol. The second kappa shape index (κ2) is 6.07. The van der Waals surface area contributed by atoms with Gasteiger partial charge in [0.2, 0.25) is 10.0 Å². The van der Waals surface area contributed by atoms with E-state index >= 15 is 0 Å². The van der Waals surface area contributed by atoms with Crippen molar-refractivity contribution in [2.24, 2.45) is 15.4 Å². The van der Waals surface area contributed by atoms with Gasteiger partial charge in [0, 0.05) is 6.20 Å². The number of fused-ring (bicyclic) bond motifs is 1. The molecule has 128 valence electrons. The summed E-state index contributed by atoms with van der Waals surface area (Å²) in [5.74, 6) is -0.594. The first-order valence-electron chi connectivity index (χ1n) is 7.02. The van der Waals surface area contributed by atoms with Gasteiger partial charge in [-0.2, -0.15) is 0 Å². The minimum Gasteiger partial charge on any atom is -0.478 e. The van der Waals surface area contributed by atoms with Crippen molar-refractivity contribution in [3.05, 3.63) is 53.9 Å². The molecule has 0 aliphatic rings. The molecule has 3 N–H and O–H groups in total. The number of primary sulfonamides is 1. The summed E-state index contributed by atoms with van der Waals surface area (Å²) in [6.45, 7) is 1.73. The number of sulfonamides is 1. The minimum absolute atomic E-state index is 0.0152. The van der Waals surface area contributed by atoms with Crippen LogP contribution in [0.25, 0.3) is 5.65 Å². The Morgan fingerprint density at radius 1 is 1.20 bits per heavy atom. The van der Waals surface area contributed by atoms with E-state index < -0.39 is 16.0 Å². The summed E-state index contributed by atoms with van der Waals surface area (Å²) in [7, 11) is -3.76. The Balaban J connectivity index is 1.96. The fourth-order valence-electron chi connectivity index (χ4n) is 2.21. The maximum Gasteiger partial charge on any atom is 0.335 e. The molecule has 3 rings (SSSR count). The summed E-state index contributed by atoms with van der Waals surface area (Å²) in [4.78, 5) is 15.3. The number of benzene rings is 1. The van der Waals surface area contributed by atoms with Gasteiger partial charge in [0.25, 0.3) is 0 Å². The summed E-state index contributed by atoms with van der Waals surface area (Å²) >= 11 is 0. The van der Waals surface area contributed by atoms with Gasteiger partial charge >= 0.3 is 5.97 Å². The molecule has 2 aromatic heterocycles. The summed E-state index contributed by atoms with van der Waals surface area (Å²) in [6, 6.07) is 8.51. The van der Waals surface area contributed by atoms with E-state index in [0.29, 0.717) is 22.8 Å². The van der Waals surface area contributed by atoms with Crippen molar-refractivity contribution in [1.29, 1.82) is 0 Å². The highest BCUT2D eigenvalue weighted by atomic mass is 32.2. The molecule has 0 saturated carbocycles. The number of aryl methyl sites for hydroxylation is 1. The molecule has 10 heteroatoms. The van der Waals surface area contributed by atoms with E-state index in [1.165, 1.54) is 36.4 Å². The molecule has 9 nitrogen and oxygen atoms in total. The zero-order valence-corrected chi connectivity index (χ0v) is 13.8. The van der Waals surface area contributed by atoms with Crippen molar-refractivity contribution in [1.82, 2.24) is 9.38 Å². The van der Waals surface area contributed by atoms with Crippen molar-refractivity contribution in [2.45, 2.75) is 11.8 Å². The predicted molar refractivity (Wildman–Crippen MR) is 88.9 cm³/mol. The molecule has 0 aliphatic carbocycles. The monoisotopic (exact) mass is 359 g/mol. The highest BCUT2D eigenvalue weighted by Crippen LogP contribution is 2.24. The SMILES string of the molecule is Cc1nc2cc(C(=O)O)ccn2c1N=Nc1ccc(S(N)(=O)=O)cc1. The van der Waals surface area contributed by atoms with Gasteiger partial charge < -0.3 is 5.11 Å². The van der Waals surface area contributed by atoms with Gasteiger partial charge in [0.05, 0.1) is 21.8 Å². The first-order chi connectivity index (χ1) is 11.8. The molecule has 0 unspecified atom stereocenters. The lowest BCUT2D eigenvalue weighted by atomic mass is 10.3. The van der Waals surface area contributed by atoms with Crippen molar-refractivity contribution in [3.63, 3.8) is 0 Å². The standard InChI is InChI=1S/C15H13N5O4S/c1-9-14(20-7-6-10(15(21)22)8-13(20)17-9)19-18-11-2-4-12(5-3-11)25(16,23)24/h2-8H,1H3,(H,21,22)(H2,16,23,24). The summed E-state index contributed by atoms with van der Waals surface area (Å²) in [6.07, 6.45) is 1.55. The zero-order chi connectivity index (χ0) is 18.2. The van der Waals surface area contributed by atoms with Crippen LogP contribution in [0.2, 0.25) is 0 Å². The van der Waals surface area contributed by atoms with Gasteiger partial charge in [-0.15, -0.1) is 10.2 Å². The molecule has 25 heavy (non-hydrogen) atoms. The first-order valence-corrected chi connectivity index (χ1v) is 8.57. The summed E-state index contributed by atoms with van der Waals surface area (Å²) in [5, 5.41) is 22.2. The average Bonchev–Trinajstić information content (AvgIpc) is 2.86. The number of hydrogen-bond donors (Lipinski definition) is 2. The van der Waals surface area contributed by atoms with E-state index in [1.54, 1.807) is 17.5 Å². The van der Waals surface area contributed by atoms with Gasteiger partial charge in [0.15, 0.2) is 5.82 Å². The van der Waals surface area contributed by atoms with Crippen LogP contribution in [0.5, 0.6) is 0 Å². The van der Waals surface area contributed by atoms with Gasteiger partial charge in [-0.25, -0.2) is 23.3 Å². The van der Waals surface area contributed by atoms with Crippen LogP contribution in [0.4, 0.5) is 11.5 Å². The van der Waals surface area contributed by atoms with Gasteiger partial charge in [-0.05, 0) is 43.3 Å². The summed E-state index contributed by atoms with van der Waals surface area (Å²) < 4.78 is 24.1. The molecule has 0 spiro atoms. The molecular weight excluding hydrogens is 346 g/mol. The second-order valence-corrected chi connectivity index (χ2v) is 6.77. The van der Waals surface area contributed by atoms with Crippen molar-refractivity contribution in [3.8, 4) is 0 Å². The lowest BCUT2D eigenvalue weighted by molar-refractivity contribution is 0.0697. The van der Waals surface area contributed by atoms with Crippen LogP contribution >= 0.6 is 0 Å². The molecule has 0 saturated heterocycles. The Morgan fingerprint density at radius 2 is 1.88 bits per heavy atom. The van der Waals surface area contributed by atoms with Crippen LogP contribution in [0, 0.1) is 6.92 Å². The fourth-order valence-corrected chi connectivity index (χ4v) is 2.73. The molecule has 0 bridgehead atoms. The number of carboxylic acid groups (broad SMARTS) is 1. The Bertz CT molecular complexity index is 1100. The molecule has 1 aromatic carbocycles. The largest absolute Gasteiger partial charge is 0.478 e. The van der Waals surface area contributed by atoms with Gasteiger partial charge in [-0.3, -0.25) is 4.40 Å². The third kappa shape index (κ3) is 3.39. The van der Waals surface area contributed by atoms with E-state index in [4.69, 9.17) is 10.2 Å². The maximum absolute atomic E-state index is 11.2. The molecule has 2 heterocycles. The lowest BCUT2D eigenvalue weighted by Crippen LogP contribution is -2.11. The van der Waals surface area contributed by atoms with Crippen molar-refractivity contribution < 1.29 is 18.3 Å². The first kappa shape index (κ1) is 16.7. The van der Waals surface area contributed by atoms with Crippen LogP contribution in [0.15, 0.2) is 57.7 Å². The molecule has 0 amide bonds. The quantitative estimate of drug-likeness (QED) is 0.688. The number of nitrogens with zero attached hydrogens (tertiary/aromatic N) is 4. The number of rotatable bonds is 4. The Kier molecular flexibility index (Phi) is 4.07. The van der Waals surface area contributed by atoms with Crippen LogP contribution in [0.1, 0.15) is 16.1 Å². The van der Waals surface area contributed by atoms with Crippen molar-refractivity contribution >= 4 is 33.1 Å². The third-order valence-electron chi connectivity index (χ3n) is 3.44. The fraction of sp³-hybridized carbons (Fsp3) is 0.0667. The molecule has 3 aromatic rings. The normalized spacial score (nSPS) is 12.1. The maximum atomic E-state index is 11.2. The van der Waals surface area contributed by atoms with Crippen LogP contribution in [0.3, 0.4) is 0 Å². The number of carbonyl (C=O) groups is 1. The van der Waals surface area contributed by atoms with E-state index in [9.17, 15) is 13.2 Å². The molecule has 0 atom stereocenters. The molecular formula is C15H13N5O4S. The number of nitrogens with two attached hydrogens (primary N) is 1. The number of pyridine rings is 1. The predicted octanol–water partition coefficient (Wildman–Crippen LogP) is 2.40. The van der Waals surface area contributed by atoms with Crippen LogP contribution < -0.4 is 5.14 Å². The minimum atomic E-state index is -3.76. The number of hydrogen-bond acceptors (Lipinski definition) is 6. The molecule has 0 radical (unpaired) electrons. The van der Waals surface area contributed by atoms with Crippen LogP contribution in [-0.2, 0) is 10.0 Å². The Hall–Kier alpha value is -3.11. The van der Waals surface area contributed by atoms with Crippen LogP contribution in [-0.4, -0.2) is 28.9 Å². The van der Waals surface area contributed by atoms with E-state index in [-0.39, 0.29) is 10.5 Å². The number of aromatic carboxylic acids is 1. The number of aromatic nitrogens is 2. The second-order valence-electron chi connectivity index (χ2n) is 5.21. The number of azo groups is 1. The zero-order valence-electron chi connectivity index (χ0n) is 13.0. The molecule has 0 fully saturated rings. The van der Waals surface area contributed by atoms with E-state index in [2.05, 4.69) is 15.2 Å². The topological polar surface area (TPSA) is 139 Å². The molecule has 0 aliphatic heterocycles. The highest BCUT2D eigenvalue weighted by molar-refractivity contribution is 7.89. The van der Waals surface area contributed by atoms with E-state index in [0.717, 1.165) is 0 Å². The highest BCUT2D eigenvalue weighted by Gasteiger charge is 2.11. The Labute approximate surface area is 142 Å². The summed E-state index contributed by atoms with van der Waals surface area (Å²) in [5.41, 5.74) is 1.58. The van der Waals surface area contributed by atoms with Gasteiger partial charge in [0.1, 0.15) is 5.65 Å². The number of imidazole rings is 1. The third-order valence-corrected chi connectivity index (χ3v) is 4.37. The van der Waals surface area contributed by atoms with Crippen molar-refractivity contribution in [2.75, 3.05) is 0 Å². The number of carboxylic acids is 1. The smallest absolute Gasteiger partial charge is 0.335 e. The Morgan fingerprint density at radius 3 is 2.48 bits per heavy atom. The van der Waals surface area contributed by atoms with Gasteiger partial charge in [-0.1, -0.05) is 0 Å².